The Kier molecular flexibility index (Phi) is 8.95. The molecule has 0 saturated heterocycles. The quantitative estimate of drug-likeness (QED) is 0.362. The van der Waals surface area contributed by atoms with Gasteiger partial charge in [0.25, 0.3) is 0 Å². The second kappa shape index (κ2) is 12.4. The van der Waals surface area contributed by atoms with E-state index < -0.39 is 41.8 Å². The van der Waals surface area contributed by atoms with Gasteiger partial charge in [0.2, 0.25) is 11.8 Å². The summed E-state index contributed by atoms with van der Waals surface area (Å²) in [6.07, 6.45) is -0.155. The molecule has 0 aromatic heterocycles. The molecule has 0 fully saturated rings. The van der Waals surface area contributed by atoms with E-state index in [0.29, 0.717) is 23.0 Å². The number of aliphatic hydroxyl groups excluding tert-OH is 2. The van der Waals surface area contributed by atoms with Crippen LogP contribution in [0.1, 0.15) is 34.3 Å². The van der Waals surface area contributed by atoms with Crippen LogP contribution in [0.5, 0.6) is 11.5 Å². The van der Waals surface area contributed by atoms with Gasteiger partial charge in [-0.2, -0.15) is 0 Å². The predicted octanol–water partition coefficient (Wildman–Crippen LogP) is 1.33. The molecular weight excluding hydrogens is 511 g/mol. The molecule has 3 N–H and O–H groups in total. The number of aliphatic hydroxyl groups is 2. The van der Waals surface area contributed by atoms with Crippen LogP contribution in [-0.4, -0.2) is 84.9 Å². The lowest BCUT2D eigenvalue weighted by atomic mass is 9.77. The Hall–Kier alpha value is -3.80. The summed E-state index contributed by atoms with van der Waals surface area (Å²) >= 11 is 0. The van der Waals surface area contributed by atoms with Crippen molar-refractivity contribution in [2.24, 2.45) is 0 Å². The zero-order valence-corrected chi connectivity index (χ0v) is 21.6. The van der Waals surface area contributed by atoms with Crippen LogP contribution in [0, 0.1) is 5.82 Å². The smallest absolute Gasteiger partial charge is 0.249 e. The van der Waals surface area contributed by atoms with E-state index in [2.05, 4.69) is 5.32 Å². The molecule has 0 unspecified atom stereocenters. The maximum absolute atomic E-state index is 13.5. The third kappa shape index (κ3) is 5.80. The van der Waals surface area contributed by atoms with E-state index in [1.54, 1.807) is 13.0 Å². The van der Waals surface area contributed by atoms with Crippen molar-refractivity contribution in [1.29, 1.82) is 0 Å². The first-order valence-electron chi connectivity index (χ1n) is 12.6. The minimum absolute atomic E-state index is 0.00109. The fourth-order valence-electron chi connectivity index (χ4n) is 4.98. The summed E-state index contributed by atoms with van der Waals surface area (Å²) in [6.45, 7) is 1.45. The number of amides is 2. The third-order valence-corrected chi connectivity index (χ3v) is 6.79. The van der Waals surface area contributed by atoms with E-state index in [0.717, 1.165) is 0 Å². The lowest BCUT2D eigenvalue weighted by Gasteiger charge is -2.40. The van der Waals surface area contributed by atoms with Crippen molar-refractivity contribution in [2.45, 2.75) is 37.6 Å². The average molecular weight is 543 g/mol. The molecule has 11 heteroatoms. The average Bonchev–Trinajstić information content (AvgIpc) is 3.34. The maximum atomic E-state index is 13.5. The number of methoxy groups -OCH3 is 1. The number of hydrogen-bond acceptors (Lipinski definition) is 8. The number of rotatable bonds is 11. The van der Waals surface area contributed by atoms with Crippen molar-refractivity contribution in [3.63, 3.8) is 0 Å². The predicted molar refractivity (Wildman–Crippen MR) is 137 cm³/mol. The van der Waals surface area contributed by atoms with Crippen LogP contribution < -0.4 is 14.8 Å². The molecule has 2 aromatic rings. The number of nitrogens with one attached hydrogen (secondary N) is 1. The van der Waals surface area contributed by atoms with Gasteiger partial charge < -0.3 is 34.6 Å². The molecule has 1 aliphatic carbocycles. The van der Waals surface area contributed by atoms with Gasteiger partial charge in [-0.3, -0.25) is 14.4 Å². The summed E-state index contributed by atoms with van der Waals surface area (Å²) < 4.78 is 30.5. The summed E-state index contributed by atoms with van der Waals surface area (Å²) in [6, 6.07) is 7.64. The van der Waals surface area contributed by atoms with Crippen molar-refractivity contribution in [3.8, 4) is 11.5 Å². The van der Waals surface area contributed by atoms with Crippen LogP contribution >= 0.6 is 0 Å². The number of ether oxygens (including phenoxy) is 3. The monoisotopic (exact) mass is 542 g/mol. The van der Waals surface area contributed by atoms with Gasteiger partial charge in [-0.05, 0) is 42.8 Å². The second-order valence-corrected chi connectivity index (χ2v) is 9.19. The van der Waals surface area contributed by atoms with Gasteiger partial charge in [0.15, 0.2) is 11.5 Å². The molecule has 0 radical (unpaired) electrons. The van der Waals surface area contributed by atoms with E-state index in [1.165, 1.54) is 48.4 Å². The molecule has 0 bridgehead atoms. The SMILES string of the molecule is CCOCC(=O)N(Cc1ccc(F)cc1)[C@@H]1C=C(C(=O)NCCO)[C@@H]2c3cc(C=O)cc(OC)c3O[C@@H]2[C@H]1O. The van der Waals surface area contributed by atoms with Crippen LogP contribution in [0.25, 0.3) is 0 Å². The third-order valence-electron chi connectivity index (χ3n) is 6.79. The van der Waals surface area contributed by atoms with E-state index in [9.17, 15) is 29.0 Å². The Balaban J connectivity index is 1.80. The molecule has 2 aromatic carbocycles. The van der Waals surface area contributed by atoms with Crippen LogP contribution in [0.4, 0.5) is 4.39 Å². The van der Waals surface area contributed by atoms with Gasteiger partial charge in [0.1, 0.15) is 30.9 Å². The Bertz CT molecular complexity index is 1250. The number of benzene rings is 2. The number of halogens is 1. The van der Waals surface area contributed by atoms with Gasteiger partial charge in [0.05, 0.1) is 25.7 Å². The molecule has 39 heavy (non-hydrogen) atoms. The van der Waals surface area contributed by atoms with Gasteiger partial charge in [-0.15, -0.1) is 0 Å². The van der Waals surface area contributed by atoms with E-state index in [4.69, 9.17) is 14.2 Å². The van der Waals surface area contributed by atoms with E-state index in [-0.39, 0.29) is 50.0 Å². The first-order valence-corrected chi connectivity index (χ1v) is 12.6. The Morgan fingerprint density at radius 1 is 1.23 bits per heavy atom. The van der Waals surface area contributed by atoms with E-state index in [1.807, 2.05) is 0 Å². The molecule has 4 atom stereocenters. The van der Waals surface area contributed by atoms with Gasteiger partial charge in [-0.1, -0.05) is 12.1 Å². The first-order chi connectivity index (χ1) is 18.8. The fourth-order valence-corrected chi connectivity index (χ4v) is 4.98. The number of carbonyl (C=O) groups excluding carboxylic acids is 3. The second-order valence-electron chi connectivity index (χ2n) is 9.19. The summed E-state index contributed by atoms with van der Waals surface area (Å²) in [5, 5.41) is 23.5. The number of aldehydes is 1. The lowest BCUT2D eigenvalue weighted by Crippen LogP contribution is -2.56. The highest BCUT2D eigenvalue weighted by Gasteiger charge is 2.51. The fraction of sp³-hybridized carbons (Fsp3) is 0.393. The number of carbonyl (C=O) groups is 3. The molecule has 2 amide bonds. The first kappa shape index (κ1) is 28.2. The van der Waals surface area contributed by atoms with Crippen molar-refractivity contribution in [2.75, 3.05) is 33.5 Å². The summed E-state index contributed by atoms with van der Waals surface area (Å²) in [5.41, 5.74) is 1.57. The molecule has 10 nitrogen and oxygen atoms in total. The highest BCUT2D eigenvalue weighted by Crippen LogP contribution is 2.51. The number of fused-ring (bicyclic) bond motifs is 3. The molecule has 0 saturated carbocycles. The Morgan fingerprint density at radius 2 is 1.97 bits per heavy atom. The minimum atomic E-state index is -1.30. The largest absolute Gasteiger partial charge is 0.493 e. The zero-order valence-electron chi connectivity index (χ0n) is 21.6. The van der Waals surface area contributed by atoms with Crippen LogP contribution in [0.3, 0.4) is 0 Å². The Labute approximate surface area is 225 Å². The summed E-state index contributed by atoms with van der Waals surface area (Å²) in [7, 11) is 1.41. The van der Waals surface area contributed by atoms with Crippen molar-refractivity contribution >= 4 is 18.1 Å². The van der Waals surface area contributed by atoms with Crippen LogP contribution in [-0.2, 0) is 20.9 Å². The maximum Gasteiger partial charge on any atom is 0.249 e. The van der Waals surface area contributed by atoms with E-state index >= 15 is 0 Å². The number of hydrogen-bond donors (Lipinski definition) is 3. The molecule has 1 aliphatic heterocycles. The summed E-state index contributed by atoms with van der Waals surface area (Å²) in [5.74, 6) is -1.65. The lowest BCUT2D eigenvalue weighted by molar-refractivity contribution is -0.142. The van der Waals surface area contributed by atoms with Crippen LogP contribution in [0.2, 0.25) is 0 Å². The number of nitrogens with zero attached hydrogens (tertiary/aromatic N) is 1. The molecule has 4 rings (SSSR count). The normalized spacial score (nSPS) is 21.2. The molecular formula is C28H31FN2O8. The molecule has 0 spiro atoms. The highest BCUT2D eigenvalue weighted by atomic mass is 19.1. The van der Waals surface area contributed by atoms with Gasteiger partial charge in [-0.25, -0.2) is 4.39 Å². The van der Waals surface area contributed by atoms with Crippen LogP contribution in [0.15, 0.2) is 48.0 Å². The van der Waals surface area contributed by atoms with Crippen molar-refractivity contribution < 1.29 is 43.2 Å². The zero-order chi connectivity index (χ0) is 28.1. The van der Waals surface area contributed by atoms with Gasteiger partial charge in [0, 0.05) is 36.4 Å². The van der Waals surface area contributed by atoms with Gasteiger partial charge >= 0.3 is 0 Å². The highest BCUT2D eigenvalue weighted by molar-refractivity contribution is 5.96. The summed E-state index contributed by atoms with van der Waals surface area (Å²) in [4.78, 5) is 39.6. The molecule has 1 heterocycles. The minimum Gasteiger partial charge on any atom is -0.493 e. The molecule has 2 aliphatic rings. The Morgan fingerprint density at radius 3 is 2.62 bits per heavy atom. The topological polar surface area (TPSA) is 135 Å². The molecule has 208 valence electrons. The van der Waals surface area contributed by atoms with Crippen molar-refractivity contribution in [3.05, 3.63) is 70.6 Å². The standard InChI is InChI=1S/C28H31FN2O8/c1-3-38-15-23(34)31(13-16-4-6-18(29)7-5-16)21-12-20(28(36)30-8-9-32)24-19-10-17(14-33)11-22(37-2)26(19)39-27(24)25(21)35/h4-7,10-12,14,21,24-25,27,32,35H,3,8-9,13,15H2,1-2H3,(H,30,36)/t21-,24+,25+,27+/m1/s1. The van der Waals surface area contributed by atoms with Crippen molar-refractivity contribution in [1.82, 2.24) is 10.2 Å².